The highest BCUT2D eigenvalue weighted by atomic mass is 35.6. The maximum atomic E-state index is 14.4. The normalized spacial score (nSPS) is 12.3. The minimum Gasteiger partial charge on any atom is -0.342 e. The molecule has 2 rings (SSSR count). The number of anilines is 1. The first-order valence-electron chi connectivity index (χ1n) is 6.54. The molecule has 1 aromatic heterocycles. The van der Waals surface area contributed by atoms with Crippen LogP contribution in [0.4, 0.5) is 10.1 Å². The maximum absolute atomic E-state index is 14.4. The summed E-state index contributed by atoms with van der Waals surface area (Å²) in [6.07, 6.45) is 0. The van der Waals surface area contributed by atoms with Crippen molar-refractivity contribution in [2.75, 3.05) is 16.9 Å². The van der Waals surface area contributed by atoms with Crippen molar-refractivity contribution in [3.8, 4) is 11.4 Å². The van der Waals surface area contributed by atoms with Crippen molar-refractivity contribution in [3.63, 3.8) is 0 Å². The number of rotatable bonds is 4. The molecule has 13 heteroatoms. The molecule has 0 atom stereocenters. The molecule has 0 fully saturated rings. The van der Waals surface area contributed by atoms with E-state index in [1.54, 1.807) is 0 Å². The van der Waals surface area contributed by atoms with E-state index in [9.17, 15) is 4.39 Å². The highest BCUT2D eigenvalue weighted by Crippen LogP contribution is 2.41. The Labute approximate surface area is 188 Å². The fraction of sp³-hybridized carbons (Fsp3) is 0.308. The van der Waals surface area contributed by atoms with Crippen LogP contribution in [-0.2, 0) is 7.59 Å². The second-order valence-corrected chi connectivity index (χ2v) is 9.79. The zero-order chi connectivity index (χ0) is 19.7. The van der Waals surface area contributed by atoms with Crippen LogP contribution in [-0.4, -0.2) is 27.0 Å². The average molecular weight is 522 g/mol. The van der Waals surface area contributed by atoms with Crippen LogP contribution in [0.5, 0.6) is 0 Å². The molecule has 0 saturated carbocycles. The quantitative estimate of drug-likeness (QED) is 0.339. The highest BCUT2D eigenvalue weighted by molar-refractivity contribution is 6.67. The van der Waals surface area contributed by atoms with Gasteiger partial charge in [-0.3, -0.25) is 0 Å². The summed E-state index contributed by atoms with van der Waals surface area (Å²) < 4.78 is 10.4. The van der Waals surface area contributed by atoms with Crippen LogP contribution in [0.2, 0.25) is 0 Å². The fourth-order valence-electron chi connectivity index (χ4n) is 1.82. The monoisotopic (exact) mass is 518 g/mol. The van der Waals surface area contributed by atoms with E-state index in [0.29, 0.717) is 0 Å². The lowest BCUT2D eigenvalue weighted by Crippen LogP contribution is -2.20. The number of alkyl halides is 8. The van der Waals surface area contributed by atoms with E-state index in [0.717, 1.165) is 6.07 Å². The standard InChI is InChI=1S/C13H7Cl8FN4/c14-4-26(5-15)8-2-1-6(3-7(8)22)9-23-10(12(16,17)18)25-11(24-9)13(19,20)21/h1-3H,4-5H2. The molecule has 0 aliphatic rings. The fourth-order valence-corrected chi connectivity index (χ4v) is 2.84. The summed E-state index contributed by atoms with van der Waals surface area (Å²) in [5.74, 6) is -1.21. The van der Waals surface area contributed by atoms with Gasteiger partial charge in [0.25, 0.3) is 0 Å². The minimum atomic E-state index is -2.01. The number of hydrogen-bond donors (Lipinski definition) is 0. The van der Waals surface area contributed by atoms with Gasteiger partial charge in [-0.05, 0) is 18.2 Å². The zero-order valence-corrected chi connectivity index (χ0v) is 18.4. The van der Waals surface area contributed by atoms with Crippen molar-refractivity contribution in [1.29, 1.82) is 0 Å². The average Bonchev–Trinajstić information content (AvgIpc) is 2.55. The molecule has 1 heterocycles. The van der Waals surface area contributed by atoms with Gasteiger partial charge in [0.1, 0.15) is 5.82 Å². The third-order valence-corrected chi connectivity index (χ3v) is 4.57. The Morgan fingerprint density at radius 2 is 1.35 bits per heavy atom. The summed E-state index contributed by atoms with van der Waals surface area (Å²) in [7, 11) is 0. The van der Waals surface area contributed by atoms with Crippen LogP contribution in [0.1, 0.15) is 11.6 Å². The molecule has 4 nitrogen and oxygen atoms in total. The second-order valence-electron chi connectivity index (χ2n) is 4.75. The summed E-state index contributed by atoms with van der Waals surface area (Å²) in [5.41, 5.74) is 0.430. The van der Waals surface area contributed by atoms with E-state index in [1.165, 1.54) is 17.0 Å². The van der Waals surface area contributed by atoms with E-state index in [4.69, 9.17) is 92.8 Å². The minimum absolute atomic E-state index is 0.000345. The van der Waals surface area contributed by atoms with Gasteiger partial charge in [0.2, 0.25) is 7.59 Å². The molecule has 0 spiro atoms. The molecule has 1 aromatic carbocycles. The highest BCUT2D eigenvalue weighted by Gasteiger charge is 2.34. The summed E-state index contributed by atoms with van der Waals surface area (Å²) >= 11 is 46.3. The Balaban J connectivity index is 2.59. The van der Waals surface area contributed by atoms with E-state index >= 15 is 0 Å². The van der Waals surface area contributed by atoms with Crippen LogP contribution in [0.15, 0.2) is 18.2 Å². The van der Waals surface area contributed by atoms with Crippen molar-refractivity contribution in [3.05, 3.63) is 35.7 Å². The van der Waals surface area contributed by atoms with Gasteiger partial charge in [-0.15, -0.1) is 23.2 Å². The van der Waals surface area contributed by atoms with Gasteiger partial charge < -0.3 is 4.90 Å². The largest absolute Gasteiger partial charge is 0.342 e. The molecular weight excluding hydrogens is 515 g/mol. The Hall–Kier alpha value is 0.280. The Bertz CT molecular complexity index is 756. The first-order valence-corrected chi connectivity index (χ1v) is 9.88. The second kappa shape index (κ2) is 8.75. The SMILES string of the molecule is Fc1cc(-c2nc(C(Cl)(Cl)Cl)nc(C(Cl)(Cl)Cl)n2)ccc1N(CCl)CCl. The van der Waals surface area contributed by atoms with Crippen molar-refractivity contribution in [2.24, 2.45) is 0 Å². The van der Waals surface area contributed by atoms with Crippen LogP contribution in [0.3, 0.4) is 0 Å². The molecule has 26 heavy (non-hydrogen) atoms. The molecule has 0 bridgehead atoms. The molecule has 0 radical (unpaired) electrons. The Kier molecular flexibility index (Phi) is 7.59. The molecule has 0 aliphatic heterocycles. The predicted molar refractivity (Wildman–Crippen MR) is 108 cm³/mol. The number of hydrogen-bond acceptors (Lipinski definition) is 4. The lowest BCUT2D eigenvalue weighted by atomic mass is 10.1. The molecule has 0 amide bonds. The lowest BCUT2D eigenvalue weighted by Gasteiger charge is -2.20. The zero-order valence-electron chi connectivity index (χ0n) is 12.3. The number of benzene rings is 1. The lowest BCUT2D eigenvalue weighted by molar-refractivity contribution is 0.625. The van der Waals surface area contributed by atoms with Gasteiger partial charge in [0.05, 0.1) is 17.7 Å². The molecule has 0 aliphatic carbocycles. The van der Waals surface area contributed by atoms with Crippen molar-refractivity contribution < 1.29 is 4.39 Å². The number of aromatic nitrogens is 3. The Morgan fingerprint density at radius 3 is 1.73 bits per heavy atom. The first kappa shape index (κ1) is 22.6. The van der Waals surface area contributed by atoms with Gasteiger partial charge in [-0.25, -0.2) is 19.3 Å². The van der Waals surface area contributed by atoms with Gasteiger partial charge in [-0.2, -0.15) is 0 Å². The number of halogens is 9. The topological polar surface area (TPSA) is 41.9 Å². The van der Waals surface area contributed by atoms with Crippen molar-refractivity contribution in [1.82, 2.24) is 15.0 Å². The molecule has 0 N–H and O–H groups in total. The summed E-state index contributed by atoms with van der Waals surface area (Å²) in [6.45, 7) is 0. The third kappa shape index (κ3) is 5.42. The van der Waals surface area contributed by atoms with Gasteiger partial charge >= 0.3 is 0 Å². The van der Waals surface area contributed by atoms with Crippen LogP contribution >= 0.6 is 92.8 Å². The summed E-state index contributed by atoms with van der Waals surface area (Å²) in [4.78, 5) is 13.3. The summed E-state index contributed by atoms with van der Waals surface area (Å²) in [5, 5.41) is 0. The predicted octanol–water partition coefficient (Wildman–Crippen LogP) is 6.53. The summed E-state index contributed by atoms with van der Waals surface area (Å²) in [6, 6.07) is 4.12. The molecule has 0 saturated heterocycles. The van der Waals surface area contributed by atoms with E-state index in [-0.39, 0.29) is 40.7 Å². The van der Waals surface area contributed by atoms with Crippen LogP contribution in [0.25, 0.3) is 11.4 Å². The van der Waals surface area contributed by atoms with Crippen LogP contribution < -0.4 is 4.90 Å². The molecule has 2 aromatic rings. The Morgan fingerprint density at radius 1 is 0.846 bits per heavy atom. The van der Waals surface area contributed by atoms with Gasteiger partial charge in [-0.1, -0.05) is 69.6 Å². The first-order chi connectivity index (χ1) is 12.0. The van der Waals surface area contributed by atoms with E-state index < -0.39 is 13.4 Å². The van der Waals surface area contributed by atoms with E-state index in [2.05, 4.69) is 15.0 Å². The van der Waals surface area contributed by atoms with Crippen molar-refractivity contribution >= 4 is 98.5 Å². The van der Waals surface area contributed by atoms with Gasteiger partial charge in [0.15, 0.2) is 17.5 Å². The molecule has 0 unspecified atom stereocenters. The van der Waals surface area contributed by atoms with Crippen molar-refractivity contribution in [2.45, 2.75) is 7.59 Å². The smallest absolute Gasteiger partial charge is 0.250 e. The maximum Gasteiger partial charge on any atom is 0.250 e. The molecule has 142 valence electrons. The third-order valence-electron chi connectivity index (χ3n) is 2.98. The van der Waals surface area contributed by atoms with E-state index in [1.807, 2.05) is 0 Å². The van der Waals surface area contributed by atoms with Crippen LogP contribution in [0, 0.1) is 5.82 Å². The molecular formula is C13H7Cl8FN4. The van der Waals surface area contributed by atoms with Gasteiger partial charge in [0, 0.05) is 5.56 Å². The number of nitrogens with zero attached hydrogens (tertiary/aromatic N) is 4.